The summed E-state index contributed by atoms with van der Waals surface area (Å²) in [7, 11) is 0. The quantitative estimate of drug-likeness (QED) is 0.608. The molecule has 0 amide bonds. The molecule has 1 fully saturated rings. The molecule has 1 saturated carbocycles. The molecule has 1 heterocycles. The van der Waals surface area contributed by atoms with Crippen LogP contribution in [0, 0.1) is 18.3 Å². The molecule has 0 unspecified atom stereocenters. The molecule has 158 valence electrons. The minimum atomic E-state index is -2.09. The Morgan fingerprint density at radius 1 is 1.28 bits per heavy atom. The van der Waals surface area contributed by atoms with E-state index in [1.165, 1.54) is 13.2 Å². The van der Waals surface area contributed by atoms with Gasteiger partial charge in [-0.15, -0.1) is 0 Å². The number of esters is 2. The number of carbonyl (C=O) groups excluding carboxylic acids is 3. The SMILES string of the molecule is CC=C(C)C(=O)O[C@H]1CC[C@@H](C)[C@@]2(C)[C@H](OC(C)=O)c3c(C)coc3C(=O)[C@@]12O. The molecule has 3 rings (SSSR count). The van der Waals surface area contributed by atoms with Gasteiger partial charge < -0.3 is 19.0 Å². The fourth-order valence-electron chi connectivity index (χ4n) is 4.74. The molecule has 0 saturated heterocycles. The standard InChI is InChI=1S/C22H28O7/c1-7-11(2)20(25)29-15-9-8-13(4)21(6)19(28-14(5)23)16-12(3)10-27-17(16)18(24)22(15,21)26/h7,10,13,15,19,26H,8-9H2,1-6H3/t13-,15+,19-,21+,22+/m1/s1. The Kier molecular flexibility index (Phi) is 5.24. The third-order valence-corrected chi connectivity index (χ3v) is 6.84. The summed E-state index contributed by atoms with van der Waals surface area (Å²) in [5, 5.41) is 11.9. The number of ketones is 1. The smallest absolute Gasteiger partial charge is 0.333 e. The van der Waals surface area contributed by atoms with E-state index in [1.807, 2.05) is 6.92 Å². The van der Waals surface area contributed by atoms with Crippen LogP contribution in [0.15, 0.2) is 22.3 Å². The third kappa shape index (κ3) is 2.86. The van der Waals surface area contributed by atoms with Crippen LogP contribution in [0.1, 0.15) is 75.2 Å². The van der Waals surface area contributed by atoms with Crippen molar-refractivity contribution in [3.8, 4) is 0 Å². The summed E-state index contributed by atoms with van der Waals surface area (Å²) in [6, 6.07) is 0. The van der Waals surface area contributed by atoms with Gasteiger partial charge >= 0.3 is 11.9 Å². The number of ether oxygens (including phenoxy) is 2. The third-order valence-electron chi connectivity index (χ3n) is 6.84. The Morgan fingerprint density at radius 3 is 2.52 bits per heavy atom. The second-order valence-electron chi connectivity index (χ2n) is 8.37. The van der Waals surface area contributed by atoms with E-state index in [9.17, 15) is 19.5 Å². The summed E-state index contributed by atoms with van der Waals surface area (Å²) in [5.41, 5.74) is -1.78. The number of hydrogen-bond acceptors (Lipinski definition) is 7. The van der Waals surface area contributed by atoms with Gasteiger partial charge in [0.25, 0.3) is 0 Å². The molecule has 7 heteroatoms. The average Bonchev–Trinajstić information content (AvgIpc) is 3.05. The number of furan rings is 1. The molecular weight excluding hydrogens is 376 g/mol. The monoisotopic (exact) mass is 404 g/mol. The molecule has 0 spiro atoms. The predicted octanol–water partition coefficient (Wildman–Crippen LogP) is 3.43. The minimum absolute atomic E-state index is 0.0494. The van der Waals surface area contributed by atoms with Crippen molar-refractivity contribution in [3.63, 3.8) is 0 Å². The van der Waals surface area contributed by atoms with Gasteiger partial charge in [-0.2, -0.15) is 0 Å². The van der Waals surface area contributed by atoms with Crippen LogP contribution in [0.25, 0.3) is 0 Å². The molecule has 0 bridgehead atoms. The molecule has 0 radical (unpaired) electrons. The summed E-state index contributed by atoms with van der Waals surface area (Å²) < 4.78 is 16.8. The summed E-state index contributed by atoms with van der Waals surface area (Å²) in [6.07, 6.45) is 1.92. The van der Waals surface area contributed by atoms with Crippen molar-refractivity contribution in [1.29, 1.82) is 0 Å². The van der Waals surface area contributed by atoms with Crippen molar-refractivity contribution >= 4 is 17.7 Å². The Morgan fingerprint density at radius 2 is 1.93 bits per heavy atom. The van der Waals surface area contributed by atoms with E-state index in [0.29, 0.717) is 29.5 Å². The first-order valence-corrected chi connectivity index (χ1v) is 9.86. The Balaban J connectivity index is 2.20. The lowest BCUT2D eigenvalue weighted by Gasteiger charge is -2.58. The molecular formula is C22H28O7. The molecule has 5 atom stereocenters. The van der Waals surface area contributed by atoms with Crippen molar-refractivity contribution in [2.45, 2.75) is 72.2 Å². The van der Waals surface area contributed by atoms with Crippen LogP contribution in [0.3, 0.4) is 0 Å². The predicted molar refractivity (Wildman–Crippen MR) is 103 cm³/mol. The summed E-state index contributed by atoms with van der Waals surface area (Å²) in [5.74, 6) is -2.02. The molecule has 1 N–H and O–H groups in total. The number of allylic oxidation sites excluding steroid dienone is 1. The number of hydrogen-bond donors (Lipinski definition) is 1. The van der Waals surface area contributed by atoms with Gasteiger partial charge in [0.15, 0.2) is 11.4 Å². The minimum Gasteiger partial charge on any atom is -0.460 e. The second kappa shape index (κ2) is 7.13. The van der Waals surface area contributed by atoms with E-state index >= 15 is 0 Å². The number of fused-ring (bicyclic) bond motifs is 2. The van der Waals surface area contributed by atoms with E-state index < -0.39 is 40.9 Å². The highest BCUT2D eigenvalue weighted by Crippen LogP contribution is 2.61. The van der Waals surface area contributed by atoms with Crippen LogP contribution in [-0.2, 0) is 19.1 Å². The topological polar surface area (TPSA) is 103 Å². The maximum Gasteiger partial charge on any atom is 0.333 e. The molecule has 2 aliphatic carbocycles. The Labute approximate surface area is 170 Å². The van der Waals surface area contributed by atoms with Gasteiger partial charge in [0, 0.05) is 18.1 Å². The molecule has 1 aromatic rings. The molecule has 7 nitrogen and oxygen atoms in total. The van der Waals surface area contributed by atoms with Crippen LogP contribution in [0.4, 0.5) is 0 Å². The average molecular weight is 404 g/mol. The van der Waals surface area contributed by atoms with Crippen molar-refractivity contribution in [2.24, 2.45) is 11.3 Å². The lowest BCUT2D eigenvalue weighted by molar-refractivity contribution is -0.229. The highest BCUT2D eigenvalue weighted by Gasteiger charge is 2.71. The van der Waals surface area contributed by atoms with Crippen LogP contribution < -0.4 is 0 Å². The van der Waals surface area contributed by atoms with Gasteiger partial charge in [-0.1, -0.05) is 19.9 Å². The number of aryl methyl sites for hydroxylation is 1. The van der Waals surface area contributed by atoms with E-state index in [2.05, 4.69) is 0 Å². The zero-order chi connectivity index (χ0) is 21.7. The van der Waals surface area contributed by atoms with Crippen molar-refractivity contribution in [3.05, 3.63) is 34.8 Å². The van der Waals surface area contributed by atoms with Crippen LogP contribution in [0.5, 0.6) is 0 Å². The van der Waals surface area contributed by atoms with Crippen molar-refractivity contribution in [1.82, 2.24) is 0 Å². The first-order chi connectivity index (χ1) is 13.5. The lowest BCUT2D eigenvalue weighted by atomic mass is 9.50. The zero-order valence-corrected chi connectivity index (χ0v) is 17.7. The van der Waals surface area contributed by atoms with Gasteiger partial charge in [-0.25, -0.2) is 4.79 Å². The normalized spacial score (nSPS) is 34.2. The van der Waals surface area contributed by atoms with Crippen LogP contribution in [0.2, 0.25) is 0 Å². The Hall–Kier alpha value is -2.41. The number of rotatable bonds is 3. The first kappa shape index (κ1) is 21.3. The highest BCUT2D eigenvalue weighted by atomic mass is 16.6. The van der Waals surface area contributed by atoms with E-state index in [4.69, 9.17) is 13.9 Å². The maximum absolute atomic E-state index is 13.5. The summed E-state index contributed by atoms with van der Waals surface area (Å²) in [6.45, 7) is 9.99. The Bertz CT molecular complexity index is 895. The maximum atomic E-state index is 13.5. The number of carbonyl (C=O) groups is 3. The largest absolute Gasteiger partial charge is 0.460 e. The zero-order valence-electron chi connectivity index (χ0n) is 17.7. The van der Waals surface area contributed by atoms with Crippen molar-refractivity contribution < 1.29 is 33.4 Å². The fourth-order valence-corrected chi connectivity index (χ4v) is 4.74. The number of aliphatic hydroxyl groups is 1. The van der Waals surface area contributed by atoms with Crippen LogP contribution >= 0.6 is 0 Å². The van der Waals surface area contributed by atoms with Gasteiger partial charge in [0.1, 0.15) is 12.2 Å². The van der Waals surface area contributed by atoms with E-state index in [1.54, 1.807) is 33.8 Å². The fraction of sp³-hybridized carbons (Fsp3) is 0.591. The highest BCUT2D eigenvalue weighted by molar-refractivity contribution is 6.05. The van der Waals surface area contributed by atoms with Crippen molar-refractivity contribution in [2.75, 3.05) is 0 Å². The molecule has 2 aliphatic rings. The van der Waals surface area contributed by atoms with Gasteiger partial charge in [0.05, 0.1) is 11.7 Å². The lowest BCUT2D eigenvalue weighted by Crippen LogP contribution is -2.70. The van der Waals surface area contributed by atoms with Gasteiger partial charge in [-0.3, -0.25) is 9.59 Å². The van der Waals surface area contributed by atoms with E-state index in [0.717, 1.165) is 0 Å². The molecule has 0 aromatic carbocycles. The summed E-state index contributed by atoms with van der Waals surface area (Å²) in [4.78, 5) is 37.9. The first-order valence-electron chi connectivity index (χ1n) is 9.86. The van der Waals surface area contributed by atoms with E-state index in [-0.39, 0.29) is 11.7 Å². The molecule has 29 heavy (non-hydrogen) atoms. The summed E-state index contributed by atoms with van der Waals surface area (Å²) >= 11 is 0. The van der Waals surface area contributed by atoms with Crippen LogP contribution in [-0.4, -0.2) is 34.5 Å². The molecule has 0 aliphatic heterocycles. The second-order valence-corrected chi connectivity index (χ2v) is 8.37. The van der Waals surface area contributed by atoms with Gasteiger partial charge in [0.2, 0.25) is 5.78 Å². The van der Waals surface area contributed by atoms with Gasteiger partial charge in [-0.05, 0) is 45.1 Å². The number of Topliss-reactive ketones (excluding diaryl/α,β-unsaturated/α-hetero) is 1. The molecule has 1 aromatic heterocycles.